The Kier molecular flexibility index (Phi) is 4.26. The molecule has 1 heterocycles. The van der Waals surface area contributed by atoms with Gasteiger partial charge in [-0.2, -0.15) is 5.26 Å². The topological polar surface area (TPSA) is 113 Å². The normalized spacial score (nSPS) is 10.9. The van der Waals surface area contributed by atoms with Crippen molar-refractivity contribution in [1.29, 1.82) is 5.26 Å². The summed E-state index contributed by atoms with van der Waals surface area (Å²) in [5.74, 6) is 0. The van der Waals surface area contributed by atoms with E-state index in [0.29, 0.717) is 4.47 Å². The molecule has 2 aromatic rings. The van der Waals surface area contributed by atoms with Gasteiger partial charge in [0.15, 0.2) is 4.21 Å². The predicted molar refractivity (Wildman–Crippen MR) is 80.6 cm³/mol. The third-order valence-corrected chi connectivity index (χ3v) is 6.44. The van der Waals surface area contributed by atoms with Gasteiger partial charge >= 0.3 is 0 Å². The van der Waals surface area contributed by atoms with Crippen molar-refractivity contribution in [2.75, 3.05) is 4.72 Å². The van der Waals surface area contributed by atoms with E-state index >= 15 is 0 Å². The third-order valence-electron chi connectivity index (χ3n) is 2.41. The van der Waals surface area contributed by atoms with Crippen molar-refractivity contribution >= 4 is 48.7 Å². The van der Waals surface area contributed by atoms with Crippen LogP contribution in [0.5, 0.6) is 0 Å². The molecule has 0 amide bonds. The highest BCUT2D eigenvalue weighted by Crippen LogP contribution is 2.30. The van der Waals surface area contributed by atoms with Crippen LogP contribution >= 0.6 is 27.3 Å². The van der Waals surface area contributed by atoms with Crippen molar-refractivity contribution in [2.24, 2.45) is 0 Å². The predicted octanol–water partition coefficient (Wildman–Crippen LogP) is 3.09. The van der Waals surface area contributed by atoms with Gasteiger partial charge in [-0.05, 0) is 33.4 Å². The van der Waals surface area contributed by atoms with E-state index in [9.17, 15) is 18.5 Å². The molecule has 10 heteroatoms. The average molecular weight is 388 g/mol. The number of hydrogen-bond acceptors (Lipinski definition) is 6. The summed E-state index contributed by atoms with van der Waals surface area (Å²) in [6.45, 7) is 0. The fraction of sp³-hybridized carbons (Fsp3) is 0. The summed E-state index contributed by atoms with van der Waals surface area (Å²) in [6, 6.07) is 6.65. The molecule has 0 radical (unpaired) electrons. The average Bonchev–Trinajstić information content (AvgIpc) is 2.85. The number of sulfonamides is 1. The van der Waals surface area contributed by atoms with E-state index < -0.39 is 14.9 Å². The standard InChI is InChI=1S/C11H6BrN3O4S2/c12-9-3-4-20-11(9)21(18,19)14-10-2-1-8(15(16)17)5-7(10)6-13/h1-5,14H. The van der Waals surface area contributed by atoms with Crippen LogP contribution in [0, 0.1) is 21.4 Å². The maximum absolute atomic E-state index is 12.2. The second-order valence-electron chi connectivity index (χ2n) is 3.76. The number of rotatable bonds is 4. The molecule has 0 aliphatic rings. The molecular formula is C11H6BrN3O4S2. The summed E-state index contributed by atoms with van der Waals surface area (Å²) in [4.78, 5) is 9.99. The Bertz CT molecular complexity index is 855. The number of anilines is 1. The number of non-ortho nitro benzene ring substituents is 1. The van der Waals surface area contributed by atoms with Crippen LogP contribution in [0.25, 0.3) is 0 Å². The maximum atomic E-state index is 12.2. The van der Waals surface area contributed by atoms with E-state index in [0.717, 1.165) is 23.5 Å². The van der Waals surface area contributed by atoms with E-state index in [1.165, 1.54) is 6.07 Å². The molecule has 0 atom stereocenters. The summed E-state index contributed by atoms with van der Waals surface area (Å²) in [5.41, 5.74) is -0.421. The van der Waals surface area contributed by atoms with E-state index in [4.69, 9.17) is 5.26 Å². The molecule has 0 bridgehead atoms. The smallest absolute Gasteiger partial charge is 0.272 e. The first-order valence-corrected chi connectivity index (χ1v) is 8.45. The first kappa shape index (κ1) is 15.4. The van der Waals surface area contributed by atoms with Crippen LogP contribution in [0.4, 0.5) is 11.4 Å². The zero-order chi connectivity index (χ0) is 15.6. The van der Waals surface area contributed by atoms with Crippen molar-refractivity contribution in [3.05, 3.63) is 49.8 Å². The Morgan fingerprint density at radius 2 is 2.10 bits per heavy atom. The summed E-state index contributed by atoms with van der Waals surface area (Å²) in [6.07, 6.45) is 0. The monoisotopic (exact) mass is 387 g/mol. The van der Waals surface area contributed by atoms with Gasteiger partial charge in [0, 0.05) is 16.6 Å². The van der Waals surface area contributed by atoms with Gasteiger partial charge < -0.3 is 0 Å². The number of halogens is 1. The molecule has 0 saturated heterocycles. The van der Waals surface area contributed by atoms with E-state index in [1.807, 2.05) is 0 Å². The molecule has 1 N–H and O–H groups in total. The lowest BCUT2D eigenvalue weighted by atomic mass is 10.2. The molecule has 1 aromatic carbocycles. The Hall–Kier alpha value is -1.96. The summed E-state index contributed by atoms with van der Waals surface area (Å²) < 4.78 is 27.1. The molecule has 108 valence electrons. The van der Waals surface area contributed by atoms with Crippen molar-refractivity contribution in [3.63, 3.8) is 0 Å². The molecule has 2 rings (SSSR count). The number of nitriles is 1. The van der Waals surface area contributed by atoms with Gasteiger partial charge in [0.25, 0.3) is 15.7 Å². The molecule has 0 saturated carbocycles. The largest absolute Gasteiger partial charge is 0.278 e. The molecule has 0 aliphatic carbocycles. The second kappa shape index (κ2) is 5.80. The fourth-order valence-corrected chi connectivity index (χ4v) is 4.91. The number of benzene rings is 1. The molecular weight excluding hydrogens is 382 g/mol. The summed E-state index contributed by atoms with van der Waals surface area (Å²) in [7, 11) is -3.87. The van der Waals surface area contributed by atoms with Crippen LogP contribution < -0.4 is 4.72 Å². The minimum absolute atomic E-state index is 0.0107. The lowest BCUT2D eigenvalue weighted by molar-refractivity contribution is -0.384. The molecule has 21 heavy (non-hydrogen) atoms. The molecule has 0 unspecified atom stereocenters. The van der Waals surface area contributed by atoms with Gasteiger partial charge in [0.1, 0.15) is 6.07 Å². The number of nitrogens with one attached hydrogen (secondary N) is 1. The zero-order valence-corrected chi connectivity index (χ0v) is 13.3. The van der Waals surface area contributed by atoms with Crippen LogP contribution in [-0.4, -0.2) is 13.3 Å². The van der Waals surface area contributed by atoms with Crippen LogP contribution in [0.3, 0.4) is 0 Å². The van der Waals surface area contributed by atoms with Gasteiger partial charge in [-0.3, -0.25) is 14.8 Å². The minimum atomic E-state index is -3.87. The second-order valence-corrected chi connectivity index (χ2v) is 7.41. The van der Waals surface area contributed by atoms with Crippen LogP contribution in [0.1, 0.15) is 5.56 Å². The Morgan fingerprint density at radius 1 is 1.38 bits per heavy atom. The Morgan fingerprint density at radius 3 is 2.62 bits per heavy atom. The lowest BCUT2D eigenvalue weighted by Crippen LogP contribution is -2.13. The number of nitro benzene ring substituents is 1. The Balaban J connectivity index is 2.43. The number of nitro groups is 1. The van der Waals surface area contributed by atoms with Crippen molar-refractivity contribution in [3.8, 4) is 6.07 Å². The quantitative estimate of drug-likeness (QED) is 0.639. The van der Waals surface area contributed by atoms with Crippen molar-refractivity contribution in [1.82, 2.24) is 0 Å². The molecule has 0 spiro atoms. The van der Waals surface area contributed by atoms with E-state index in [1.54, 1.807) is 17.5 Å². The molecule has 0 aliphatic heterocycles. The van der Waals surface area contributed by atoms with Crippen LogP contribution in [0.15, 0.2) is 38.3 Å². The van der Waals surface area contributed by atoms with Gasteiger partial charge in [-0.1, -0.05) is 0 Å². The highest BCUT2D eigenvalue weighted by Gasteiger charge is 2.21. The maximum Gasteiger partial charge on any atom is 0.272 e. The Labute approximate surface area is 132 Å². The minimum Gasteiger partial charge on any atom is -0.278 e. The highest BCUT2D eigenvalue weighted by molar-refractivity contribution is 9.10. The van der Waals surface area contributed by atoms with Gasteiger partial charge in [0.05, 0.1) is 16.2 Å². The van der Waals surface area contributed by atoms with Crippen LogP contribution in [0.2, 0.25) is 0 Å². The molecule has 7 nitrogen and oxygen atoms in total. The first-order valence-electron chi connectivity index (χ1n) is 5.29. The van der Waals surface area contributed by atoms with Crippen molar-refractivity contribution in [2.45, 2.75) is 4.21 Å². The summed E-state index contributed by atoms with van der Waals surface area (Å²) in [5, 5.41) is 21.2. The van der Waals surface area contributed by atoms with Gasteiger partial charge in [-0.15, -0.1) is 11.3 Å². The lowest BCUT2D eigenvalue weighted by Gasteiger charge is -2.08. The van der Waals surface area contributed by atoms with E-state index in [-0.39, 0.29) is 21.1 Å². The third kappa shape index (κ3) is 3.21. The SMILES string of the molecule is N#Cc1cc([N+](=O)[O-])ccc1NS(=O)(=O)c1sccc1Br. The van der Waals surface area contributed by atoms with Gasteiger partial charge in [0.2, 0.25) is 0 Å². The molecule has 1 aromatic heterocycles. The number of thiophene rings is 1. The van der Waals surface area contributed by atoms with Crippen molar-refractivity contribution < 1.29 is 13.3 Å². The highest BCUT2D eigenvalue weighted by atomic mass is 79.9. The summed E-state index contributed by atoms with van der Waals surface area (Å²) >= 11 is 4.13. The van der Waals surface area contributed by atoms with Crippen LogP contribution in [-0.2, 0) is 10.0 Å². The first-order chi connectivity index (χ1) is 9.85. The fourth-order valence-electron chi connectivity index (χ4n) is 1.49. The van der Waals surface area contributed by atoms with Gasteiger partial charge in [-0.25, -0.2) is 8.42 Å². The van der Waals surface area contributed by atoms with E-state index in [2.05, 4.69) is 20.7 Å². The number of nitrogens with zero attached hydrogens (tertiary/aromatic N) is 2. The number of hydrogen-bond donors (Lipinski definition) is 1. The molecule has 0 fully saturated rings. The zero-order valence-electron chi connectivity index (χ0n) is 10.1.